The van der Waals surface area contributed by atoms with Crippen molar-refractivity contribution in [2.24, 2.45) is 5.41 Å². The van der Waals surface area contributed by atoms with E-state index in [1.807, 2.05) is 9.80 Å². The lowest BCUT2D eigenvalue weighted by molar-refractivity contribution is -0.145. The molecule has 2 saturated heterocycles. The van der Waals surface area contributed by atoms with Crippen molar-refractivity contribution in [1.29, 1.82) is 0 Å². The Morgan fingerprint density at radius 3 is 2.96 bits per heavy atom. The molecule has 3 heterocycles. The van der Waals surface area contributed by atoms with Gasteiger partial charge in [-0.15, -0.1) is 0 Å². The van der Waals surface area contributed by atoms with E-state index in [-0.39, 0.29) is 22.8 Å². The quantitative estimate of drug-likeness (QED) is 0.797. The maximum Gasteiger partial charge on any atom is 0.254 e. The van der Waals surface area contributed by atoms with Crippen LogP contribution in [0, 0.1) is 5.41 Å². The van der Waals surface area contributed by atoms with Gasteiger partial charge in [-0.25, -0.2) is 0 Å². The highest BCUT2D eigenvalue weighted by molar-refractivity contribution is 5.85. The number of carbonyl (C=O) groups excluding carboxylic acids is 1. The van der Waals surface area contributed by atoms with E-state index in [9.17, 15) is 9.59 Å². The summed E-state index contributed by atoms with van der Waals surface area (Å²) in [4.78, 5) is 35.0. The second-order valence-electron chi connectivity index (χ2n) is 6.33. The zero-order valence-electron chi connectivity index (χ0n) is 13.4. The van der Waals surface area contributed by atoms with E-state index in [2.05, 4.69) is 9.97 Å². The predicted molar refractivity (Wildman–Crippen MR) is 86.2 cm³/mol. The van der Waals surface area contributed by atoms with Crippen LogP contribution in [0.2, 0.25) is 0 Å². The molecule has 2 fully saturated rings. The van der Waals surface area contributed by atoms with Crippen molar-refractivity contribution in [2.45, 2.75) is 19.3 Å². The Morgan fingerprint density at radius 2 is 2.22 bits per heavy atom. The largest absolute Gasteiger partial charge is 0.383 e. The lowest BCUT2D eigenvalue weighted by Crippen LogP contribution is -2.51. The first kappa shape index (κ1) is 15.8. The molecule has 2 aliphatic rings. The molecule has 1 aromatic heterocycles. The number of aromatic nitrogens is 2. The smallest absolute Gasteiger partial charge is 0.254 e. The van der Waals surface area contributed by atoms with Crippen LogP contribution < -0.4 is 16.2 Å². The SMILES string of the molecule is COCCN1CCCC2(CCN(c3cc(=O)[nH]c(N)n3)C2)C1=O. The van der Waals surface area contributed by atoms with Gasteiger partial charge in [0.15, 0.2) is 0 Å². The average Bonchev–Trinajstić information content (AvgIpc) is 2.93. The van der Waals surface area contributed by atoms with Crippen LogP contribution in [-0.4, -0.2) is 60.7 Å². The highest BCUT2D eigenvalue weighted by Crippen LogP contribution is 2.41. The van der Waals surface area contributed by atoms with Gasteiger partial charge in [0.2, 0.25) is 11.9 Å². The van der Waals surface area contributed by atoms with Crippen LogP contribution >= 0.6 is 0 Å². The number of nitrogens with one attached hydrogen (secondary N) is 1. The molecule has 3 N–H and O–H groups in total. The lowest BCUT2D eigenvalue weighted by Gasteiger charge is -2.39. The highest BCUT2D eigenvalue weighted by Gasteiger charge is 2.48. The van der Waals surface area contributed by atoms with E-state index in [0.717, 1.165) is 25.8 Å². The molecule has 0 bridgehead atoms. The molecule has 2 aliphatic heterocycles. The Bertz CT molecular complexity index is 646. The molecule has 3 rings (SSSR count). The van der Waals surface area contributed by atoms with Crippen molar-refractivity contribution < 1.29 is 9.53 Å². The Hall–Kier alpha value is -2.09. The van der Waals surface area contributed by atoms with Crippen LogP contribution in [0.25, 0.3) is 0 Å². The maximum atomic E-state index is 12.9. The number of amides is 1. The summed E-state index contributed by atoms with van der Waals surface area (Å²) in [6, 6.07) is 1.44. The third-order valence-electron chi connectivity index (χ3n) is 4.81. The minimum absolute atomic E-state index is 0.102. The number of hydrogen-bond acceptors (Lipinski definition) is 6. The standard InChI is InChI=1S/C15H23N5O3/c1-23-8-7-19-5-2-3-15(13(19)22)4-6-20(10-15)11-9-12(21)18-14(16)17-11/h9H,2-8,10H2,1H3,(H3,16,17,18,21). The Balaban J connectivity index is 1.77. The molecule has 0 saturated carbocycles. The second-order valence-corrected chi connectivity index (χ2v) is 6.33. The van der Waals surface area contributed by atoms with E-state index in [1.165, 1.54) is 6.07 Å². The molecule has 23 heavy (non-hydrogen) atoms. The van der Waals surface area contributed by atoms with Gasteiger partial charge in [0.25, 0.3) is 5.56 Å². The van der Waals surface area contributed by atoms with E-state index >= 15 is 0 Å². The minimum Gasteiger partial charge on any atom is -0.383 e. The topological polar surface area (TPSA) is 105 Å². The molecule has 8 heteroatoms. The molecule has 0 aliphatic carbocycles. The fraction of sp³-hybridized carbons (Fsp3) is 0.667. The summed E-state index contributed by atoms with van der Waals surface area (Å²) < 4.78 is 5.09. The number of piperidine rings is 1. The monoisotopic (exact) mass is 321 g/mol. The number of hydrogen-bond donors (Lipinski definition) is 2. The van der Waals surface area contributed by atoms with Gasteiger partial charge in [0.1, 0.15) is 5.82 Å². The van der Waals surface area contributed by atoms with Crippen molar-refractivity contribution in [3.05, 3.63) is 16.4 Å². The van der Waals surface area contributed by atoms with Gasteiger partial charge in [0, 0.05) is 39.4 Å². The Labute approximate surface area is 134 Å². The first-order valence-electron chi connectivity index (χ1n) is 7.94. The molecule has 1 aromatic rings. The van der Waals surface area contributed by atoms with Crippen molar-refractivity contribution >= 4 is 17.7 Å². The number of rotatable bonds is 4. The minimum atomic E-state index is -0.370. The summed E-state index contributed by atoms with van der Waals surface area (Å²) in [6.45, 7) is 3.27. The number of nitrogen functional groups attached to an aromatic ring is 1. The first-order chi connectivity index (χ1) is 11.0. The number of carbonyl (C=O) groups is 1. The summed E-state index contributed by atoms with van der Waals surface area (Å²) >= 11 is 0. The van der Waals surface area contributed by atoms with Crippen LogP contribution in [0.4, 0.5) is 11.8 Å². The number of aromatic amines is 1. The summed E-state index contributed by atoms with van der Waals surface area (Å²) in [7, 11) is 1.64. The fourth-order valence-electron chi connectivity index (χ4n) is 3.64. The third kappa shape index (κ3) is 3.03. The average molecular weight is 321 g/mol. The van der Waals surface area contributed by atoms with E-state index in [4.69, 9.17) is 10.5 Å². The highest BCUT2D eigenvalue weighted by atomic mass is 16.5. The van der Waals surface area contributed by atoms with Gasteiger partial charge >= 0.3 is 0 Å². The summed E-state index contributed by atoms with van der Waals surface area (Å²) in [5.74, 6) is 0.844. The van der Waals surface area contributed by atoms with Crippen LogP contribution in [0.1, 0.15) is 19.3 Å². The maximum absolute atomic E-state index is 12.9. The molecule has 0 radical (unpaired) electrons. The van der Waals surface area contributed by atoms with Gasteiger partial charge < -0.3 is 20.3 Å². The molecule has 0 aromatic carbocycles. The molecular weight excluding hydrogens is 298 g/mol. The summed E-state index contributed by atoms with van der Waals surface area (Å²) in [5.41, 5.74) is 4.98. The number of anilines is 2. The van der Waals surface area contributed by atoms with Crippen molar-refractivity contribution in [3.63, 3.8) is 0 Å². The number of likely N-dealkylation sites (tertiary alicyclic amines) is 1. The van der Waals surface area contributed by atoms with Crippen LogP contribution in [0.5, 0.6) is 0 Å². The molecule has 1 spiro atoms. The van der Waals surface area contributed by atoms with Gasteiger partial charge in [-0.3, -0.25) is 14.6 Å². The number of nitrogens with two attached hydrogens (primary N) is 1. The lowest BCUT2D eigenvalue weighted by atomic mass is 9.78. The number of methoxy groups -OCH3 is 1. The Kier molecular flexibility index (Phi) is 4.25. The zero-order chi connectivity index (χ0) is 16.4. The van der Waals surface area contributed by atoms with Gasteiger partial charge in [-0.05, 0) is 19.3 Å². The van der Waals surface area contributed by atoms with E-state index in [0.29, 0.717) is 32.1 Å². The van der Waals surface area contributed by atoms with Crippen molar-refractivity contribution in [1.82, 2.24) is 14.9 Å². The molecule has 1 unspecified atom stereocenters. The van der Waals surface area contributed by atoms with Gasteiger partial charge in [-0.1, -0.05) is 0 Å². The molecule has 8 nitrogen and oxygen atoms in total. The van der Waals surface area contributed by atoms with E-state index in [1.54, 1.807) is 7.11 Å². The third-order valence-corrected chi connectivity index (χ3v) is 4.81. The molecule has 1 atom stereocenters. The Morgan fingerprint density at radius 1 is 1.39 bits per heavy atom. The summed E-state index contributed by atoms with van der Waals surface area (Å²) in [5, 5.41) is 0. The fourth-order valence-corrected chi connectivity index (χ4v) is 3.64. The first-order valence-corrected chi connectivity index (χ1v) is 7.94. The second kappa shape index (κ2) is 6.19. The zero-order valence-corrected chi connectivity index (χ0v) is 13.4. The molecule has 126 valence electrons. The van der Waals surface area contributed by atoms with Gasteiger partial charge in [-0.2, -0.15) is 4.98 Å². The number of H-pyrrole nitrogens is 1. The van der Waals surface area contributed by atoms with Crippen LogP contribution in [-0.2, 0) is 9.53 Å². The van der Waals surface area contributed by atoms with Crippen molar-refractivity contribution in [3.8, 4) is 0 Å². The number of nitrogens with zero attached hydrogens (tertiary/aromatic N) is 3. The molecule has 1 amide bonds. The van der Waals surface area contributed by atoms with Crippen LogP contribution in [0.3, 0.4) is 0 Å². The summed E-state index contributed by atoms with van der Waals surface area (Å²) in [6.07, 6.45) is 2.66. The normalized spacial score (nSPS) is 24.7. The van der Waals surface area contributed by atoms with Gasteiger partial charge in [0.05, 0.1) is 12.0 Å². The predicted octanol–water partition coefficient (Wildman–Crippen LogP) is -0.183. The van der Waals surface area contributed by atoms with Crippen LogP contribution in [0.15, 0.2) is 10.9 Å². The van der Waals surface area contributed by atoms with Crippen molar-refractivity contribution in [2.75, 3.05) is 50.5 Å². The molecular formula is C15H23N5O3. The number of ether oxygens (including phenoxy) is 1. The van der Waals surface area contributed by atoms with E-state index < -0.39 is 0 Å².